The van der Waals surface area contributed by atoms with Gasteiger partial charge < -0.3 is 0 Å². The second-order valence-corrected chi connectivity index (χ2v) is 3.78. The first-order valence-corrected chi connectivity index (χ1v) is 5.35. The fraction of sp³-hybridized carbons (Fsp3) is 0.0909. The van der Waals surface area contributed by atoms with E-state index in [1.165, 1.54) is 6.20 Å². The van der Waals surface area contributed by atoms with Crippen molar-refractivity contribution in [3.05, 3.63) is 66.7 Å². The van der Waals surface area contributed by atoms with Crippen LogP contribution in [0.1, 0.15) is 11.3 Å². The van der Waals surface area contributed by atoms with Crippen LogP contribution in [0.15, 0.2) is 34.1 Å². The average Bonchev–Trinajstić information content (AvgIpc) is 2.42. The first kappa shape index (κ1) is 13.2. The van der Waals surface area contributed by atoms with Crippen LogP contribution in [0.2, 0.25) is 0 Å². The van der Waals surface area contributed by atoms with Gasteiger partial charge in [0.05, 0.1) is 17.7 Å². The molecule has 0 saturated carbocycles. The monoisotopic (exact) mass is 273 g/mol. The van der Waals surface area contributed by atoms with E-state index in [1.54, 1.807) is 12.1 Å². The van der Waals surface area contributed by atoms with Gasteiger partial charge in [-0.3, -0.25) is 24.5 Å². The van der Waals surface area contributed by atoms with Crippen molar-refractivity contribution >= 4 is 5.69 Å². The highest BCUT2D eigenvalue weighted by Crippen LogP contribution is 2.07. The molecule has 9 heteroatoms. The van der Waals surface area contributed by atoms with Crippen molar-refractivity contribution in [2.45, 2.75) is 6.54 Å². The molecule has 0 unspecified atom stereocenters. The molecule has 100 valence electrons. The Hall–Kier alpha value is -3.28. The smallest absolute Gasteiger partial charge is 0.289 e. The molecule has 0 bridgehead atoms. The third kappa shape index (κ3) is 2.44. The van der Waals surface area contributed by atoms with Gasteiger partial charge in [-0.1, -0.05) is 6.07 Å². The molecular weight excluding hydrogens is 266 g/mol. The van der Waals surface area contributed by atoms with Crippen LogP contribution in [0.25, 0.3) is 0 Å². The number of H-pyrrole nitrogens is 1. The van der Waals surface area contributed by atoms with Gasteiger partial charge in [0.1, 0.15) is 11.8 Å². The van der Waals surface area contributed by atoms with Crippen molar-refractivity contribution in [3.8, 4) is 6.07 Å². The minimum atomic E-state index is -1.07. The molecule has 2 heterocycles. The maximum atomic E-state index is 11.6. The van der Waals surface area contributed by atoms with Crippen LogP contribution in [-0.4, -0.2) is 19.5 Å². The Kier molecular flexibility index (Phi) is 3.39. The summed E-state index contributed by atoms with van der Waals surface area (Å²) >= 11 is 0. The zero-order valence-corrected chi connectivity index (χ0v) is 9.94. The molecule has 2 aromatic rings. The average molecular weight is 273 g/mol. The second kappa shape index (κ2) is 5.15. The lowest BCUT2D eigenvalue weighted by atomic mass is 10.2. The molecule has 2 aromatic heterocycles. The van der Waals surface area contributed by atoms with E-state index < -0.39 is 21.9 Å². The molecule has 0 aromatic carbocycles. The van der Waals surface area contributed by atoms with Gasteiger partial charge in [0.25, 0.3) is 0 Å². The number of hydrogen-bond acceptors (Lipinski definition) is 6. The lowest BCUT2D eigenvalue weighted by molar-refractivity contribution is -0.386. The number of nitro groups is 1. The predicted octanol–water partition coefficient (Wildman–Crippen LogP) is -0.240. The summed E-state index contributed by atoms with van der Waals surface area (Å²) in [5.41, 5.74) is -2.09. The second-order valence-electron chi connectivity index (χ2n) is 3.78. The van der Waals surface area contributed by atoms with E-state index in [1.807, 2.05) is 11.1 Å². The number of aromatic amines is 1. The summed E-state index contributed by atoms with van der Waals surface area (Å²) in [6.07, 6.45) is 2.26. The molecule has 2 rings (SSSR count). The largest absolute Gasteiger partial charge is 0.350 e. The SMILES string of the molecule is N#Cc1ncccc1Cn1cc([N+](=O)[O-])c(=O)[nH]c1=O. The number of nitriles is 1. The Morgan fingerprint density at radius 2 is 2.25 bits per heavy atom. The zero-order valence-electron chi connectivity index (χ0n) is 9.94. The molecule has 0 aliphatic carbocycles. The lowest BCUT2D eigenvalue weighted by Crippen LogP contribution is -2.31. The summed E-state index contributed by atoms with van der Waals surface area (Å²) in [5, 5.41) is 19.6. The summed E-state index contributed by atoms with van der Waals surface area (Å²) in [5.74, 6) is 0. The van der Waals surface area contributed by atoms with Crippen molar-refractivity contribution in [2.24, 2.45) is 0 Å². The van der Waals surface area contributed by atoms with E-state index in [0.717, 1.165) is 10.8 Å². The molecular formula is C11H7N5O4. The van der Waals surface area contributed by atoms with Crippen molar-refractivity contribution in [1.82, 2.24) is 14.5 Å². The molecule has 0 aliphatic heterocycles. The predicted molar refractivity (Wildman–Crippen MR) is 66.0 cm³/mol. The highest BCUT2D eigenvalue weighted by atomic mass is 16.6. The highest BCUT2D eigenvalue weighted by Gasteiger charge is 2.15. The Morgan fingerprint density at radius 1 is 1.50 bits per heavy atom. The maximum absolute atomic E-state index is 11.6. The number of rotatable bonds is 3. The van der Waals surface area contributed by atoms with Crippen molar-refractivity contribution in [3.63, 3.8) is 0 Å². The molecule has 0 aliphatic rings. The van der Waals surface area contributed by atoms with Gasteiger partial charge in [0.15, 0.2) is 0 Å². The van der Waals surface area contributed by atoms with Gasteiger partial charge in [-0.25, -0.2) is 9.78 Å². The number of pyridine rings is 1. The highest BCUT2D eigenvalue weighted by molar-refractivity contribution is 5.31. The molecule has 0 radical (unpaired) electrons. The van der Waals surface area contributed by atoms with Gasteiger partial charge in [-0.15, -0.1) is 0 Å². The molecule has 9 nitrogen and oxygen atoms in total. The normalized spacial score (nSPS) is 9.95. The van der Waals surface area contributed by atoms with Crippen molar-refractivity contribution < 1.29 is 4.92 Å². The van der Waals surface area contributed by atoms with Gasteiger partial charge >= 0.3 is 16.9 Å². The van der Waals surface area contributed by atoms with Crippen LogP contribution < -0.4 is 11.2 Å². The topological polar surface area (TPSA) is 135 Å². The Bertz CT molecular complexity index is 830. The molecule has 20 heavy (non-hydrogen) atoms. The van der Waals surface area contributed by atoms with Gasteiger partial charge in [0.2, 0.25) is 0 Å². The van der Waals surface area contributed by atoms with E-state index in [2.05, 4.69) is 4.98 Å². The quantitative estimate of drug-likeness (QED) is 0.605. The zero-order chi connectivity index (χ0) is 14.7. The summed E-state index contributed by atoms with van der Waals surface area (Å²) < 4.78 is 0.942. The molecule has 0 saturated heterocycles. The third-order valence-electron chi connectivity index (χ3n) is 2.53. The number of hydrogen-bond donors (Lipinski definition) is 1. The first-order chi connectivity index (χ1) is 9.52. The summed E-state index contributed by atoms with van der Waals surface area (Å²) in [7, 11) is 0. The van der Waals surface area contributed by atoms with Crippen LogP contribution >= 0.6 is 0 Å². The Labute approximate surface area is 110 Å². The van der Waals surface area contributed by atoms with Crippen LogP contribution in [0.3, 0.4) is 0 Å². The number of nitrogens with one attached hydrogen (secondary N) is 1. The summed E-state index contributed by atoms with van der Waals surface area (Å²) in [6.45, 7) is -0.104. The van der Waals surface area contributed by atoms with E-state index >= 15 is 0 Å². The summed E-state index contributed by atoms with van der Waals surface area (Å²) in [6, 6.07) is 4.99. The van der Waals surface area contributed by atoms with Crippen molar-refractivity contribution in [1.29, 1.82) is 5.26 Å². The molecule has 0 amide bonds. The molecule has 1 N–H and O–H groups in total. The Morgan fingerprint density at radius 3 is 2.90 bits per heavy atom. The van der Waals surface area contributed by atoms with Crippen LogP contribution in [0.4, 0.5) is 5.69 Å². The third-order valence-corrected chi connectivity index (χ3v) is 2.53. The Balaban J connectivity index is 2.52. The summed E-state index contributed by atoms with van der Waals surface area (Å²) in [4.78, 5) is 38.3. The molecule has 0 atom stereocenters. The molecule has 0 spiro atoms. The van der Waals surface area contributed by atoms with Gasteiger partial charge in [0, 0.05) is 11.8 Å². The first-order valence-electron chi connectivity index (χ1n) is 5.35. The van der Waals surface area contributed by atoms with Crippen molar-refractivity contribution in [2.75, 3.05) is 0 Å². The van der Waals surface area contributed by atoms with E-state index in [-0.39, 0.29) is 12.2 Å². The standard InChI is InChI=1S/C11H7N5O4/c12-4-8-7(2-1-3-13-8)5-15-6-9(16(19)20)10(17)14-11(15)18/h1-3,6H,5H2,(H,14,17,18). The fourth-order valence-electron chi connectivity index (χ4n) is 1.60. The van der Waals surface area contributed by atoms with E-state index in [0.29, 0.717) is 5.56 Å². The molecule has 0 fully saturated rings. The van der Waals surface area contributed by atoms with Crippen LogP contribution in [0.5, 0.6) is 0 Å². The lowest BCUT2D eigenvalue weighted by Gasteiger charge is -2.05. The van der Waals surface area contributed by atoms with Gasteiger partial charge in [-0.05, 0) is 6.07 Å². The minimum Gasteiger partial charge on any atom is -0.289 e. The number of aromatic nitrogens is 3. The number of nitrogens with zero attached hydrogens (tertiary/aromatic N) is 4. The maximum Gasteiger partial charge on any atom is 0.350 e. The van der Waals surface area contributed by atoms with Gasteiger partial charge in [-0.2, -0.15) is 5.26 Å². The van der Waals surface area contributed by atoms with Crippen LogP contribution in [0, 0.1) is 21.4 Å². The van der Waals surface area contributed by atoms with E-state index in [4.69, 9.17) is 5.26 Å². The van der Waals surface area contributed by atoms with E-state index in [9.17, 15) is 19.7 Å². The minimum absolute atomic E-state index is 0.104. The fourth-order valence-corrected chi connectivity index (χ4v) is 1.60. The van der Waals surface area contributed by atoms with Crippen LogP contribution in [-0.2, 0) is 6.54 Å².